The highest BCUT2D eigenvalue weighted by Gasteiger charge is 2.94. The summed E-state index contributed by atoms with van der Waals surface area (Å²) in [5.74, 6) is -3.27. The monoisotopic (exact) mass is 478 g/mol. The van der Waals surface area contributed by atoms with Gasteiger partial charge in [0.2, 0.25) is 17.1 Å². The van der Waals surface area contributed by atoms with Gasteiger partial charge in [-0.1, -0.05) is 30.3 Å². The third-order valence-corrected chi connectivity index (χ3v) is 8.63. The molecule has 4 fully saturated rings. The number of ketones is 2. The van der Waals surface area contributed by atoms with Gasteiger partial charge in [-0.2, -0.15) is 8.42 Å². The molecule has 5 atom stereocenters. The van der Waals surface area contributed by atoms with Crippen LogP contribution in [0.25, 0.3) is 5.53 Å². The Kier molecular flexibility index (Phi) is 5.87. The highest BCUT2D eigenvalue weighted by atomic mass is 32.2. The molecule has 2 heterocycles. The summed E-state index contributed by atoms with van der Waals surface area (Å²) in [5.41, 5.74) is 15.8. The standard InChI is InChI=1S/C21H26N4O7S/c22-15(8-4-5-11-24-19(28)32-12-13-6-2-1-3-7-13)17(26)20-10-9-14-16(20)18(27)21(14,25(20)23)33(29,30)31/h1-3,6-7,14-16H,4-5,8-12,22H2,(H,24,28)(H,29,30,31)/t14-,15+,16-,20?,21?/m1/s1. The lowest BCUT2D eigenvalue weighted by molar-refractivity contribution is -0.625. The summed E-state index contributed by atoms with van der Waals surface area (Å²) >= 11 is 0. The highest BCUT2D eigenvalue weighted by Crippen LogP contribution is 2.68. The van der Waals surface area contributed by atoms with Crippen LogP contribution in [0, 0.1) is 11.8 Å². The van der Waals surface area contributed by atoms with Crippen molar-refractivity contribution in [3.8, 4) is 0 Å². The number of ether oxygens (including phenoxy) is 1. The van der Waals surface area contributed by atoms with E-state index >= 15 is 0 Å². The minimum atomic E-state index is -4.94. The number of hydrogen-bond acceptors (Lipinski definition) is 7. The van der Waals surface area contributed by atoms with Gasteiger partial charge in [0, 0.05) is 13.0 Å². The molecular formula is C21H26N4O7S. The maximum atomic E-state index is 13.1. The summed E-state index contributed by atoms with van der Waals surface area (Å²) in [4.78, 5) is 35.0. The molecule has 5 rings (SSSR count). The van der Waals surface area contributed by atoms with Crippen molar-refractivity contribution >= 4 is 27.8 Å². The molecule has 1 aromatic rings. The molecule has 1 amide bonds. The van der Waals surface area contributed by atoms with Crippen LogP contribution in [0.2, 0.25) is 0 Å². The van der Waals surface area contributed by atoms with Gasteiger partial charge in [0.1, 0.15) is 12.5 Å². The van der Waals surface area contributed by atoms with Gasteiger partial charge < -0.3 is 21.3 Å². The van der Waals surface area contributed by atoms with Crippen LogP contribution in [0.5, 0.6) is 0 Å². The molecule has 2 saturated heterocycles. The van der Waals surface area contributed by atoms with Gasteiger partial charge in [-0.15, -0.1) is 0 Å². The summed E-state index contributed by atoms with van der Waals surface area (Å²) in [6, 6.07) is 8.19. The zero-order valence-corrected chi connectivity index (χ0v) is 18.7. The first kappa shape index (κ1) is 23.5. The molecule has 0 spiro atoms. The number of hydrogen-bond donors (Lipinski definition) is 3. The van der Waals surface area contributed by atoms with Gasteiger partial charge in [0.15, 0.2) is 0 Å². The average molecular weight is 479 g/mol. The van der Waals surface area contributed by atoms with E-state index in [1.165, 1.54) is 0 Å². The van der Waals surface area contributed by atoms with Gasteiger partial charge in [-0.3, -0.25) is 18.8 Å². The third-order valence-electron chi connectivity index (χ3n) is 7.16. The molecule has 2 aliphatic carbocycles. The van der Waals surface area contributed by atoms with Crippen LogP contribution in [0.15, 0.2) is 30.3 Å². The Hall–Kier alpha value is -2.70. The predicted octanol–water partition coefficient (Wildman–Crippen LogP) is 0.959. The number of unbranched alkanes of at least 4 members (excludes halogenated alkanes) is 1. The van der Waals surface area contributed by atoms with E-state index in [2.05, 4.69) is 5.32 Å². The quantitative estimate of drug-likeness (QED) is 0.253. The second-order valence-corrected chi connectivity index (χ2v) is 10.4. The fourth-order valence-electron chi connectivity index (χ4n) is 5.67. The van der Waals surface area contributed by atoms with Gasteiger partial charge >= 0.3 is 21.1 Å². The maximum absolute atomic E-state index is 13.1. The van der Waals surface area contributed by atoms with Gasteiger partial charge in [-0.25, -0.2) is 4.79 Å². The number of carbonyl (C=O) groups is 3. The van der Waals surface area contributed by atoms with Crippen molar-refractivity contribution < 1.29 is 36.8 Å². The zero-order chi connectivity index (χ0) is 24.0. The molecule has 4 bridgehead atoms. The molecule has 0 aromatic heterocycles. The van der Waals surface area contributed by atoms with Gasteiger partial charge in [0.25, 0.3) is 0 Å². The Morgan fingerprint density at radius 1 is 1.30 bits per heavy atom. The fourth-order valence-corrected chi connectivity index (χ4v) is 7.07. The van der Waals surface area contributed by atoms with Gasteiger partial charge in [0.05, 0.1) is 12.0 Å². The Balaban J connectivity index is 1.25. The molecule has 2 saturated carbocycles. The predicted molar refractivity (Wildman–Crippen MR) is 113 cm³/mol. The number of piperidine rings is 1. The molecule has 33 heavy (non-hydrogen) atoms. The van der Waals surface area contributed by atoms with E-state index in [0.29, 0.717) is 19.4 Å². The minimum absolute atomic E-state index is 0.100. The molecule has 0 radical (unpaired) electrons. The van der Waals surface area contributed by atoms with Crippen molar-refractivity contribution in [3.63, 3.8) is 0 Å². The Morgan fingerprint density at radius 3 is 2.64 bits per heavy atom. The van der Waals surface area contributed by atoms with E-state index in [1.54, 1.807) is 0 Å². The molecular weight excluding hydrogens is 452 g/mol. The van der Waals surface area contributed by atoms with E-state index in [9.17, 15) is 32.9 Å². The Labute approximate surface area is 190 Å². The summed E-state index contributed by atoms with van der Waals surface area (Å²) < 4.78 is 38.8. The highest BCUT2D eigenvalue weighted by molar-refractivity contribution is 7.88. The summed E-state index contributed by atoms with van der Waals surface area (Å²) in [5, 5.41) is 2.61. The molecule has 2 aliphatic heterocycles. The second kappa shape index (κ2) is 8.26. The minimum Gasteiger partial charge on any atom is -0.504 e. The van der Waals surface area contributed by atoms with Crippen LogP contribution in [0.1, 0.15) is 37.7 Å². The van der Waals surface area contributed by atoms with Crippen LogP contribution in [0.3, 0.4) is 0 Å². The van der Waals surface area contributed by atoms with Crippen LogP contribution in [-0.4, -0.2) is 58.3 Å². The Bertz CT molecular complexity index is 1110. The lowest BCUT2D eigenvalue weighted by atomic mass is 9.69. The largest absolute Gasteiger partial charge is 0.504 e. The van der Waals surface area contributed by atoms with E-state index in [0.717, 1.165) is 5.56 Å². The molecule has 2 unspecified atom stereocenters. The first-order chi connectivity index (χ1) is 15.6. The lowest BCUT2D eigenvalue weighted by Gasteiger charge is -2.36. The van der Waals surface area contributed by atoms with Gasteiger partial charge in [-0.05, 0) is 31.2 Å². The number of alkyl carbamates (subject to hydrolysis) is 1. The van der Waals surface area contributed by atoms with Crippen molar-refractivity contribution in [2.45, 2.75) is 55.2 Å². The van der Waals surface area contributed by atoms with Crippen LogP contribution < -0.4 is 11.1 Å². The van der Waals surface area contributed by atoms with E-state index in [-0.39, 0.29) is 30.6 Å². The molecule has 11 nitrogen and oxygen atoms in total. The zero-order valence-electron chi connectivity index (χ0n) is 17.8. The number of rotatable bonds is 10. The average Bonchev–Trinajstić information content (AvgIpc) is 3.32. The van der Waals surface area contributed by atoms with E-state index in [1.807, 2.05) is 30.3 Å². The molecule has 12 heteroatoms. The SMILES string of the molecule is [N-]=[N+]1C2(C(=O)[C@@H](N)CCCCNC(=O)OCc3ccccc3)CC[C@@H]3[C@@H]2C(=O)C31S(=O)(=O)O. The number of carbonyl (C=O) groups excluding carboxylic acids is 3. The van der Waals surface area contributed by atoms with Crippen LogP contribution in [0.4, 0.5) is 4.79 Å². The number of amides is 1. The van der Waals surface area contributed by atoms with Crippen LogP contribution in [-0.2, 0) is 31.1 Å². The van der Waals surface area contributed by atoms with Crippen molar-refractivity contribution in [3.05, 3.63) is 41.4 Å². The smallest absolute Gasteiger partial charge is 0.407 e. The third kappa shape index (κ3) is 3.30. The number of Topliss-reactive ketones (excluding diaryl/α,β-unsaturated/α-hetero) is 2. The number of nitrogens with two attached hydrogens (primary N) is 1. The van der Waals surface area contributed by atoms with E-state index < -0.39 is 56.1 Å². The number of nitrogens with zero attached hydrogens (tertiary/aromatic N) is 2. The number of nitrogens with one attached hydrogen (secondary N) is 1. The van der Waals surface area contributed by atoms with Crippen molar-refractivity contribution in [2.24, 2.45) is 17.6 Å². The molecule has 4 aliphatic rings. The van der Waals surface area contributed by atoms with Crippen LogP contribution >= 0.6 is 0 Å². The normalized spacial score (nSPS) is 30.6. The first-order valence-electron chi connectivity index (χ1n) is 10.8. The topological polar surface area (TPSA) is 178 Å². The molecule has 178 valence electrons. The molecule has 4 N–H and O–H groups in total. The summed E-state index contributed by atoms with van der Waals surface area (Å²) in [6.07, 6.45) is 0.963. The Morgan fingerprint density at radius 2 is 2.00 bits per heavy atom. The van der Waals surface area contributed by atoms with Crippen molar-refractivity contribution in [2.75, 3.05) is 6.54 Å². The summed E-state index contributed by atoms with van der Waals surface area (Å²) in [7, 11) is -4.94. The fraction of sp³-hybridized carbons (Fsp3) is 0.571. The lowest BCUT2D eigenvalue weighted by Crippen LogP contribution is -2.64. The van der Waals surface area contributed by atoms with Crippen molar-refractivity contribution in [1.29, 1.82) is 0 Å². The number of benzene rings is 1. The van der Waals surface area contributed by atoms with Crippen molar-refractivity contribution in [1.82, 2.24) is 5.32 Å². The van der Waals surface area contributed by atoms with E-state index in [4.69, 9.17) is 10.5 Å². The molecule has 1 aromatic carbocycles. The maximum Gasteiger partial charge on any atom is 0.407 e. The summed E-state index contributed by atoms with van der Waals surface area (Å²) in [6.45, 7) is 0.457. The first-order valence-corrected chi connectivity index (χ1v) is 12.3. The second-order valence-electron chi connectivity index (χ2n) is 8.85.